The minimum atomic E-state index is -4.51. The molecule has 0 saturated heterocycles. The molecule has 0 spiro atoms. The molecule has 0 radical (unpaired) electrons. The Balaban J connectivity index is 2.40. The number of nitro benzene ring substituents is 1. The highest BCUT2D eigenvalue weighted by Gasteiger charge is 2.14. The van der Waals surface area contributed by atoms with Crippen LogP contribution in [0.2, 0.25) is 0 Å². The molecule has 5 N–H and O–H groups in total. The summed E-state index contributed by atoms with van der Waals surface area (Å²) >= 11 is 0. The molecule has 2 aromatic rings. The van der Waals surface area contributed by atoms with Crippen LogP contribution in [0.15, 0.2) is 33.6 Å². The van der Waals surface area contributed by atoms with Gasteiger partial charge in [-0.15, -0.1) is 0 Å². The predicted molar refractivity (Wildman–Crippen MR) is 84.9 cm³/mol. The van der Waals surface area contributed by atoms with Crippen LogP contribution in [0.25, 0.3) is 11.0 Å². The third-order valence-electron chi connectivity index (χ3n) is 2.98. The first kappa shape index (κ1) is 18.3. The maximum atomic E-state index is 11.5. The zero-order chi connectivity index (χ0) is 18.8. The molecule has 2 rings (SSSR count). The van der Waals surface area contributed by atoms with Gasteiger partial charge in [-0.3, -0.25) is 29.1 Å². The van der Waals surface area contributed by atoms with Crippen LogP contribution in [0.4, 0.5) is 5.69 Å². The summed E-state index contributed by atoms with van der Waals surface area (Å²) in [6.07, 6.45) is 0.616. The number of nitrogens with zero attached hydrogens (tertiary/aromatic N) is 1. The molecule has 0 fully saturated rings. The quantitative estimate of drug-likeness (QED) is 0.152. The summed E-state index contributed by atoms with van der Waals surface area (Å²) < 4.78 is 10.7. The van der Waals surface area contributed by atoms with Crippen LogP contribution in [0.1, 0.15) is 5.56 Å². The lowest BCUT2D eigenvalue weighted by Gasteiger charge is -2.07. The highest BCUT2D eigenvalue weighted by atomic mass is 31.2. The standard InChI is InChI=1S/C12H11N4O8P/c17-9(1-2-25(22,23)24)13-5-6-3-7(16(20)21)4-8-10(6)15-12(19)11(18)14-8/h1-4H,5H2,(H,13,17)(H,14,18)(H,15,19)(H2,22,23,24). The molecule has 0 bridgehead atoms. The largest absolute Gasteiger partial charge is 0.349 e. The zero-order valence-corrected chi connectivity index (χ0v) is 13.1. The van der Waals surface area contributed by atoms with Crippen molar-refractivity contribution in [2.75, 3.05) is 0 Å². The lowest BCUT2D eigenvalue weighted by Crippen LogP contribution is -2.30. The van der Waals surface area contributed by atoms with Crippen molar-refractivity contribution < 1.29 is 24.1 Å². The Labute approximate surface area is 137 Å². The highest BCUT2D eigenvalue weighted by molar-refractivity contribution is 7.55. The summed E-state index contributed by atoms with van der Waals surface area (Å²) in [7, 11) is -4.51. The molecular formula is C12H11N4O8P. The lowest BCUT2D eigenvalue weighted by atomic mass is 10.1. The smallest absolute Gasteiger partial charge is 0.348 e. The number of aromatic nitrogens is 2. The minimum absolute atomic E-state index is 0.00573. The molecule has 25 heavy (non-hydrogen) atoms. The van der Waals surface area contributed by atoms with Crippen LogP contribution in [0.5, 0.6) is 0 Å². The number of rotatable bonds is 5. The summed E-state index contributed by atoms with van der Waals surface area (Å²) in [4.78, 5) is 66.3. The summed E-state index contributed by atoms with van der Waals surface area (Å²) in [5, 5.41) is 13.2. The van der Waals surface area contributed by atoms with Crippen molar-refractivity contribution in [3.8, 4) is 0 Å². The van der Waals surface area contributed by atoms with Crippen molar-refractivity contribution in [1.29, 1.82) is 0 Å². The number of non-ortho nitro benzene ring substituents is 1. The van der Waals surface area contributed by atoms with Gasteiger partial charge in [0, 0.05) is 36.1 Å². The Morgan fingerprint density at radius 1 is 1.28 bits per heavy atom. The molecular weight excluding hydrogens is 359 g/mol. The van der Waals surface area contributed by atoms with Gasteiger partial charge >= 0.3 is 18.7 Å². The first-order valence-corrected chi connectivity index (χ1v) is 8.21. The van der Waals surface area contributed by atoms with Gasteiger partial charge < -0.3 is 25.1 Å². The zero-order valence-electron chi connectivity index (χ0n) is 12.3. The Hall–Kier alpha value is -3.08. The number of aromatic amines is 2. The normalized spacial score (nSPS) is 11.8. The maximum Gasteiger partial charge on any atom is 0.349 e. The van der Waals surface area contributed by atoms with E-state index in [2.05, 4.69) is 15.3 Å². The number of carbonyl (C=O) groups is 1. The summed E-state index contributed by atoms with van der Waals surface area (Å²) in [6.45, 7) is -0.301. The number of hydrogen-bond donors (Lipinski definition) is 5. The van der Waals surface area contributed by atoms with E-state index in [1.807, 2.05) is 0 Å². The summed E-state index contributed by atoms with van der Waals surface area (Å²) in [5.41, 5.74) is -2.16. The average molecular weight is 370 g/mol. The average Bonchev–Trinajstić information content (AvgIpc) is 2.51. The second-order valence-electron chi connectivity index (χ2n) is 4.82. The molecule has 13 heteroatoms. The number of amides is 1. The fraction of sp³-hybridized carbons (Fsp3) is 0.0833. The molecule has 1 aromatic carbocycles. The summed E-state index contributed by atoms with van der Waals surface area (Å²) in [6, 6.07) is 2.13. The molecule has 1 aromatic heterocycles. The number of fused-ring (bicyclic) bond motifs is 1. The number of nitro groups is 1. The number of nitrogens with one attached hydrogen (secondary N) is 3. The molecule has 132 valence electrons. The van der Waals surface area contributed by atoms with Gasteiger partial charge in [-0.1, -0.05) is 0 Å². The molecule has 12 nitrogen and oxygen atoms in total. The van der Waals surface area contributed by atoms with Crippen molar-refractivity contribution in [3.63, 3.8) is 0 Å². The van der Waals surface area contributed by atoms with Gasteiger partial charge in [-0.05, 0) is 0 Å². The van der Waals surface area contributed by atoms with Gasteiger partial charge in [-0.25, -0.2) is 0 Å². The van der Waals surface area contributed by atoms with E-state index in [1.54, 1.807) is 0 Å². The van der Waals surface area contributed by atoms with E-state index in [0.29, 0.717) is 11.9 Å². The van der Waals surface area contributed by atoms with E-state index >= 15 is 0 Å². The van der Waals surface area contributed by atoms with E-state index < -0.39 is 29.5 Å². The minimum Gasteiger partial charge on any atom is -0.348 e. The molecule has 1 amide bonds. The van der Waals surface area contributed by atoms with Gasteiger partial charge in [0.1, 0.15) is 0 Å². The first-order chi connectivity index (χ1) is 11.6. The van der Waals surface area contributed by atoms with E-state index in [9.17, 15) is 29.1 Å². The molecule has 0 aliphatic carbocycles. The van der Waals surface area contributed by atoms with Crippen molar-refractivity contribution >= 4 is 30.2 Å². The molecule has 0 atom stereocenters. The molecule has 0 aliphatic heterocycles. The van der Waals surface area contributed by atoms with Crippen molar-refractivity contribution in [2.24, 2.45) is 0 Å². The fourth-order valence-corrected chi connectivity index (χ4v) is 2.26. The molecule has 0 saturated carbocycles. The van der Waals surface area contributed by atoms with Crippen LogP contribution < -0.4 is 16.4 Å². The van der Waals surface area contributed by atoms with Crippen LogP contribution in [-0.2, 0) is 15.9 Å². The van der Waals surface area contributed by atoms with E-state index in [-0.39, 0.29) is 28.8 Å². The Bertz CT molecular complexity index is 1050. The second kappa shape index (κ2) is 6.81. The Morgan fingerprint density at radius 3 is 2.52 bits per heavy atom. The van der Waals surface area contributed by atoms with Crippen LogP contribution >= 0.6 is 7.60 Å². The van der Waals surface area contributed by atoms with E-state index in [1.165, 1.54) is 0 Å². The number of carbonyl (C=O) groups excluding carboxylic acids is 1. The van der Waals surface area contributed by atoms with Gasteiger partial charge in [0.15, 0.2) is 0 Å². The van der Waals surface area contributed by atoms with Gasteiger partial charge in [0.2, 0.25) is 5.91 Å². The highest BCUT2D eigenvalue weighted by Crippen LogP contribution is 2.35. The van der Waals surface area contributed by atoms with Gasteiger partial charge in [-0.2, -0.15) is 0 Å². The van der Waals surface area contributed by atoms with E-state index in [0.717, 1.165) is 12.1 Å². The second-order valence-corrected chi connectivity index (χ2v) is 6.29. The maximum absolute atomic E-state index is 11.5. The number of hydrogen-bond acceptors (Lipinski definition) is 6. The molecule has 0 unspecified atom stereocenters. The van der Waals surface area contributed by atoms with Crippen LogP contribution in [-0.4, -0.2) is 30.6 Å². The third kappa shape index (κ3) is 4.70. The number of benzene rings is 1. The molecule has 0 aliphatic rings. The molecule has 1 heterocycles. The predicted octanol–water partition coefficient (Wildman–Crippen LogP) is -0.568. The fourth-order valence-electron chi connectivity index (χ4n) is 1.93. The van der Waals surface area contributed by atoms with E-state index in [4.69, 9.17) is 9.79 Å². The third-order valence-corrected chi connectivity index (χ3v) is 3.52. The number of H-pyrrole nitrogens is 2. The van der Waals surface area contributed by atoms with Gasteiger partial charge in [0.25, 0.3) is 5.69 Å². The van der Waals surface area contributed by atoms with Crippen LogP contribution in [0, 0.1) is 10.1 Å². The van der Waals surface area contributed by atoms with Gasteiger partial charge in [0.05, 0.1) is 16.0 Å². The summed E-state index contributed by atoms with van der Waals surface area (Å²) in [5.74, 6) is -0.470. The van der Waals surface area contributed by atoms with Crippen molar-refractivity contribution in [2.45, 2.75) is 6.54 Å². The van der Waals surface area contributed by atoms with Crippen LogP contribution in [0.3, 0.4) is 0 Å². The Kier molecular flexibility index (Phi) is 4.97. The first-order valence-electron chi connectivity index (χ1n) is 6.53. The lowest BCUT2D eigenvalue weighted by molar-refractivity contribution is -0.384. The van der Waals surface area contributed by atoms with Crippen molar-refractivity contribution in [1.82, 2.24) is 15.3 Å². The topological polar surface area (TPSA) is 195 Å². The monoisotopic (exact) mass is 370 g/mol. The van der Waals surface area contributed by atoms with Crippen molar-refractivity contribution in [3.05, 3.63) is 60.4 Å². The SMILES string of the molecule is O=C(C=CP(=O)(O)O)NCc1cc([N+](=O)[O-])cc2[nH]c(=O)c(=O)[nH]c12. The Morgan fingerprint density at radius 2 is 1.92 bits per heavy atom.